The van der Waals surface area contributed by atoms with Gasteiger partial charge in [0.25, 0.3) is 0 Å². The van der Waals surface area contributed by atoms with Crippen LogP contribution in [-0.4, -0.2) is 42.5 Å². The normalized spacial score (nSPS) is 20.6. The first-order valence-corrected chi connectivity index (χ1v) is 9.85. The third-order valence-electron chi connectivity index (χ3n) is 3.73. The molecule has 0 spiro atoms. The zero-order valence-corrected chi connectivity index (χ0v) is 13.7. The van der Waals surface area contributed by atoms with E-state index in [2.05, 4.69) is 0 Å². The molecule has 0 aromatic heterocycles. The Morgan fingerprint density at radius 1 is 1.48 bits per heavy atom. The molecule has 0 bridgehead atoms. The molecule has 1 aromatic rings. The van der Waals surface area contributed by atoms with Crippen molar-refractivity contribution < 1.29 is 12.8 Å². The summed E-state index contributed by atoms with van der Waals surface area (Å²) in [5, 5.41) is -0.519. The average molecular weight is 332 g/mol. The number of halogens is 1. The molecule has 0 amide bonds. The minimum atomic E-state index is -3.15. The van der Waals surface area contributed by atoms with E-state index >= 15 is 0 Å². The summed E-state index contributed by atoms with van der Waals surface area (Å²) in [6, 6.07) is 4.92. The Kier molecular flexibility index (Phi) is 5.65. The van der Waals surface area contributed by atoms with E-state index in [1.165, 1.54) is 6.07 Å². The Balaban J connectivity index is 2.20. The molecule has 1 fully saturated rings. The van der Waals surface area contributed by atoms with Gasteiger partial charge in [-0.2, -0.15) is 11.8 Å². The number of nitrogens with two attached hydrogens (primary N) is 1. The lowest BCUT2D eigenvalue weighted by atomic mass is 10.1. The van der Waals surface area contributed by atoms with Crippen LogP contribution in [0.4, 0.5) is 4.39 Å². The molecule has 21 heavy (non-hydrogen) atoms. The van der Waals surface area contributed by atoms with Crippen LogP contribution in [0.5, 0.6) is 0 Å². The standard InChI is InChI=1S/C14H21FN2O2S2/c1-2-21(18,19)14-10-20-6-5-17(14)9-12-4-3-11(8-16)7-13(12)15/h3-4,7,14H,2,5-6,8-10,16H2,1H3. The molecule has 1 heterocycles. The predicted octanol–water partition coefficient (Wildman–Crippen LogP) is 1.59. The van der Waals surface area contributed by atoms with Crippen LogP contribution >= 0.6 is 11.8 Å². The van der Waals surface area contributed by atoms with Gasteiger partial charge < -0.3 is 5.73 Å². The van der Waals surface area contributed by atoms with E-state index in [4.69, 9.17) is 5.73 Å². The summed E-state index contributed by atoms with van der Waals surface area (Å²) >= 11 is 1.64. The minimum Gasteiger partial charge on any atom is -0.326 e. The molecule has 2 N–H and O–H groups in total. The van der Waals surface area contributed by atoms with Gasteiger partial charge >= 0.3 is 0 Å². The largest absolute Gasteiger partial charge is 0.326 e. The van der Waals surface area contributed by atoms with Gasteiger partial charge in [-0.3, -0.25) is 4.90 Å². The van der Waals surface area contributed by atoms with Gasteiger partial charge in [0.2, 0.25) is 0 Å². The second kappa shape index (κ2) is 7.09. The number of rotatable bonds is 5. The van der Waals surface area contributed by atoms with E-state index in [9.17, 15) is 12.8 Å². The van der Waals surface area contributed by atoms with Crippen molar-refractivity contribution in [2.75, 3.05) is 23.8 Å². The van der Waals surface area contributed by atoms with Gasteiger partial charge in [-0.05, 0) is 11.6 Å². The fourth-order valence-corrected chi connectivity index (χ4v) is 5.46. The van der Waals surface area contributed by atoms with Gasteiger partial charge in [0.05, 0.1) is 0 Å². The Morgan fingerprint density at radius 3 is 2.86 bits per heavy atom. The molecule has 0 saturated carbocycles. The van der Waals surface area contributed by atoms with Crippen molar-refractivity contribution in [3.63, 3.8) is 0 Å². The second-order valence-corrected chi connectivity index (χ2v) is 8.68. The fourth-order valence-electron chi connectivity index (χ4n) is 2.38. The first kappa shape index (κ1) is 16.7. The topological polar surface area (TPSA) is 63.4 Å². The predicted molar refractivity (Wildman–Crippen MR) is 85.3 cm³/mol. The molecule has 1 atom stereocenters. The number of benzene rings is 1. The van der Waals surface area contributed by atoms with Gasteiger partial charge in [0.15, 0.2) is 9.84 Å². The van der Waals surface area contributed by atoms with Crippen LogP contribution in [0.2, 0.25) is 0 Å². The lowest BCUT2D eigenvalue weighted by molar-refractivity contribution is 0.258. The van der Waals surface area contributed by atoms with Gasteiger partial charge in [0.1, 0.15) is 11.2 Å². The molecule has 7 heteroatoms. The molecule has 118 valence electrons. The van der Waals surface area contributed by atoms with Crippen molar-refractivity contribution in [2.24, 2.45) is 5.73 Å². The number of nitrogens with zero attached hydrogens (tertiary/aromatic N) is 1. The summed E-state index contributed by atoms with van der Waals surface area (Å²) in [4.78, 5) is 1.87. The first-order valence-electron chi connectivity index (χ1n) is 6.98. The lowest BCUT2D eigenvalue weighted by Gasteiger charge is -2.34. The maximum absolute atomic E-state index is 14.1. The summed E-state index contributed by atoms with van der Waals surface area (Å²) in [6.45, 7) is 2.93. The van der Waals surface area contributed by atoms with Gasteiger partial charge in [-0.1, -0.05) is 19.1 Å². The quantitative estimate of drug-likeness (QED) is 0.887. The van der Waals surface area contributed by atoms with E-state index in [1.807, 2.05) is 4.90 Å². The highest BCUT2D eigenvalue weighted by Gasteiger charge is 2.33. The van der Waals surface area contributed by atoms with Crippen molar-refractivity contribution in [1.82, 2.24) is 4.90 Å². The SMILES string of the molecule is CCS(=O)(=O)C1CSCCN1Cc1ccc(CN)cc1F. The second-order valence-electron chi connectivity index (χ2n) is 5.08. The summed E-state index contributed by atoms with van der Waals surface area (Å²) in [6.07, 6.45) is 0. The monoisotopic (exact) mass is 332 g/mol. The summed E-state index contributed by atoms with van der Waals surface area (Å²) in [5.41, 5.74) is 6.75. The number of hydrogen-bond acceptors (Lipinski definition) is 5. The molecule has 1 aromatic carbocycles. The lowest BCUT2D eigenvalue weighted by Crippen LogP contribution is -2.47. The van der Waals surface area contributed by atoms with Crippen molar-refractivity contribution in [1.29, 1.82) is 0 Å². The van der Waals surface area contributed by atoms with Crippen LogP contribution in [0, 0.1) is 5.82 Å². The Hall–Kier alpha value is -0.630. The van der Waals surface area contributed by atoms with Crippen LogP contribution in [0.15, 0.2) is 18.2 Å². The summed E-state index contributed by atoms with van der Waals surface area (Å²) in [7, 11) is -3.15. The number of thioether (sulfide) groups is 1. The van der Waals surface area contributed by atoms with Crippen LogP contribution in [0.3, 0.4) is 0 Å². The van der Waals surface area contributed by atoms with Gasteiger partial charge in [0, 0.05) is 42.5 Å². The van der Waals surface area contributed by atoms with Crippen molar-refractivity contribution in [3.05, 3.63) is 35.1 Å². The highest BCUT2D eigenvalue weighted by atomic mass is 32.2. The molecular weight excluding hydrogens is 311 g/mol. The molecule has 0 radical (unpaired) electrons. The molecule has 1 unspecified atom stereocenters. The molecule has 4 nitrogen and oxygen atoms in total. The minimum absolute atomic E-state index is 0.114. The van der Waals surface area contributed by atoms with Crippen LogP contribution in [-0.2, 0) is 22.9 Å². The maximum atomic E-state index is 14.1. The van der Waals surface area contributed by atoms with Crippen molar-refractivity contribution >= 4 is 21.6 Å². The number of sulfone groups is 1. The third kappa shape index (κ3) is 3.97. The van der Waals surface area contributed by atoms with Crippen LogP contribution < -0.4 is 5.73 Å². The Bertz CT molecular complexity index is 593. The summed E-state index contributed by atoms with van der Waals surface area (Å²) < 4.78 is 38.4. The third-order valence-corrected chi connectivity index (χ3v) is 7.07. The van der Waals surface area contributed by atoms with E-state index in [1.54, 1.807) is 30.8 Å². The van der Waals surface area contributed by atoms with E-state index < -0.39 is 15.2 Å². The fraction of sp³-hybridized carbons (Fsp3) is 0.571. The van der Waals surface area contributed by atoms with Gasteiger partial charge in [-0.25, -0.2) is 12.8 Å². The maximum Gasteiger partial charge on any atom is 0.166 e. The molecule has 1 saturated heterocycles. The van der Waals surface area contributed by atoms with Crippen LogP contribution in [0.1, 0.15) is 18.1 Å². The van der Waals surface area contributed by atoms with Crippen LogP contribution in [0.25, 0.3) is 0 Å². The Labute approximate surface area is 129 Å². The van der Waals surface area contributed by atoms with E-state index in [0.29, 0.717) is 31.0 Å². The van der Waals surface area contributed by atoms with Crippen molar-refractivity contribution in [3.8, 4) is 0 Å². The van der Waals surface area contributed by atoms with Gasteiger partial charge in [-0.15, -0.1) is 0 Å². The van der Waals surface area contributed by atoms with E-state index in [-0.39, 0.29) is 11.6 Å². The molecule has 1 aliphatic heterocycles. The van der Waals surface area contributed by atoms with Crippen molar-refractivity contribution in [2.45, 2.75) is 25.4 Å². The summed E-state index contributed by atoms with van der Waals surface area (Å²) in [5.74, 6) is 1.23. The Morgan fingerprint density at radius 2 is 2.24 bits per heavy atom. The first-order chi connectivity index (χ1) is 9.97. The highest BCUT2D eigenvalue weighted by Crippen LogP contribution is 2.24. The zero-order chi connectivity index (χ0) is 15.5. The van der Waals surface area contributed by atoms with E-state index in [0.717, 1.165) is 11.3 Å². The average Bonchev–Trinajstić information content (AvgIpc) is 2.49. The number of hydrogen-bond donors (Lipinski definition) is 1. The molecule has 1 aliphatic rings. The zero-order valence-electron chi connectivity index (χ0n) is 12.1. The smallest absolute Gasteiger partial charge is 0.166 e. The highest BCUT2D eigenvalue weighted by molar-refractivity contribution is 8.01. The molecular formula is C14H21FN2O2S2. The molecule has 2 rings (SSSR count). The molecule has 0 aliphatic carbocycles.